The third-order valence-corrected chi connectivity index (χ3v) is 5.34. The van der Waals surface area contributed by atoms with Gasteiger partial charge in [0.25, 0.3) is 11.5 Å². The number of aryl methyl sites for hydroxylation is 1. The normalized spacial score (nSPS) is 11.0. The number of nitrogens with zero attached hydrogens (tertiary/aromatic N) is 4. The highest BCUT2D eigenvalue weighted by atomic mass is 16.5. The second kappa shape index (κ2) is 10.8. The van der Waals surface area contributed by atoms with Crippen LogP contribution in [0.4, 0.5) is 5.82 Å². The standard InChI is InChI=1S/C24H26N6O5/c1-3-29-23(32)20-22(30(24(29)33)13-6-14-34-2)28-21(27-20)16-8-10-17(11-9-16)35-15-19(31)26-18-7-4-5-12-25-18/h4-5,7-12H,3,6,13-15H2,1-2H3,(H,27,28)(H,25,26,31). The molecule has 11 heteroatoms. The van der Waals surface area contributed by atoms with Gasteiger partial charge < -0.3 is 19.8 Å². The smallest absolute Gasteiger partial charge is 0.332 e. The monoisotopic (exact) mass is 478 g/mol. The number of hydrogen-bond donors (Lipinski definition) is 2. The summed E-state index contributed by atoms with van der Waals surface area (Å²) < 4.78 is 13.3. The number of H-pyrrole nitrogens is 1. The molecule has 0 aliphatic carbocycles. The Morgan fingerprint density at radius 3 is 2.60 bits per heavy atom. The number of benzene rings is 1. The fourth-order valence-electron chi connectivity index (χ4n) is 3.62. The molecule has 0 fully saturated rings. The van der Waals surface area contributed by atoms with Crippen molar-refractivity contribution < 1.29 is 14.3 Å². The number of pyridine rings is 1. The number of fused-ring (bicyclic) bond motifs is 1. The number of rotatable bonds is 10. The van der Waals surface area contributed by atoms with E-state index in [-0.39, 0.29) is 24.6 Å². The Morgan fingerprint density at radius 1 is 1.11 bits per heavy atom. The van der Waals surface area contributed by atoms with Gasteiger partial charge in [-0.15, -0.1) is 0 Å². The van der Waals surface area contributed by atoms with Gasteiger partial charge in [0.05, 0.1) is 0 Å². The largest absolute Gasteiger partial charge is 0.484 e. The van der Waals surface area contributed by atoms with E-state index in [1.165, 1.54) is 9.13 Å². The predicted molar refractivity (Wildman–Crippen MR) is 131 cm³/mol. The van der Waals surface area contributed by atoms with Gasteiger partial charge in [0.15, 0.2) is 12.3 Å². The fraction of sp³-hybridized carbons (Fsp3) is 0.292. The number of aromatic amines is 1. The van der Waals surface area contributed by atoms with E-state index in [0.717, 1.165) is 0 Å². The van der Waals surface area contributed by atoms with Gasteiger partial charge in [0.1, 0.15) is 22.9 Å². The van der Waals surface area contributed by atoms with E-state index in [0.29, 0.717) is 48.2 Å². The molecule has 0 radical (unpaired) electrons. The van der Waals surface area contributed by atoms with Gasteiger partial charge in [0.2, 0.25) is 0 Å². The quantitative estimate of drug-likeness (QED) is 0.333. The molecule has 11 nitrogen and oxygen atoms in total. The van der Waals surface area contributed by atoms with Crippen LogP contribution in [0.1, 0.15) is 13.3 Å². The average molecular weight is 479 g/mol. The number of hydrogen-bond acceptors (Lipinski definition) is 7. The fourth-order valence-corrected chi connectivity index (χ4v) is 3.62. The second-order valence-corrected chi connectivity index (χ2v) is 7.69. The molecule has 0 aliphatic heterocycles. The first-order valence-electron chi connectivity index (χ1n) is 11.2. The number of anilines is 1. The number of ether oxygens (including phenoxy) is 2. The van der Waals surface area contributed by atoms with Gasteiger partial charge in [-0.3, -0.25) is 18.7 Å². The maximum atomic E-state index is 12.8. The van der Waals surface area contributed by atoms with E-state index in [2.05, 4.69) is 20.3 Å². The van der Waals surface area contributed by atoms with E-state index in [1.54, 1.807) is 62.7 Å². The van der Waals surface area contributed by atoms with Gasteiger partial charge in [-0.2, -0.15) is 0 Å². The summed E-state index contributed by atoms with van der Waals surface area (Å²) in [6.45, 7) is 2.69. The van der Waals surface area contributed by atoms with Crippen molar-refractivity contribution in [3.8, 4) is 17.1 Å². The number of carbonyl (C=O) groups excluding carboxylic acids is 1. The Balaban J connectivity index is 1.53. The average Bonchev–Trinajstić information content (AvgIpc) is 3.32. The van der Waals surface area contributed by atoms with Crippen LogP contribution in [0.3, 0.4) is 0 Å². The zero-order valence-corrected chi connectivity index (χ0v) is 19.5. The van der Waals surface area contributed by atoms with Crippen molar-refractivity contribution in [2.24, 2.45) is 0 Å². The lowest BCUT2D eigenvalue weighted by atomic mass is 10.2. The zero-order chi connectivity index (χ0) is 24.8. The molecule has 3 aromatic heterocycles. The van der Waals surface area contributed by atoms with Crippen LogP contribution in [-0.4, -0.2) is 50.3 Å². The predicted octanol–water partition coefficient (Wildman–Crippen LogP) is 2.02. The van der Waals surface area contributed by atoms with Crippen molar-refractivity contribution in [1.29, 1.82) is 0 Å². The third-order valence-electron chi connectivity index (χ3n) is 5.34. The second-order valence-electron chi connectivity index (χ2n) is 7.69. The Hall–Kier alpha value is -4.25. The van der Waals surface area contributed by atoms with E-state index in [1.807, 2.05) is 0 Å². The van der Waals surface area contributed by atoms with E-state index in [4.69, 9.17) is 9.47 Å². The van der Waals surface area contributed by atoms with Gasteiger partial charge in [0, 0.05) is 38.6 Å². The number of carbonyl (C=O) groups is 1. The first kappa shape index (κ1) is 23.9. The van der Waals surface area contributed by atoms with Crippen molar-refractivity contribution in [3.63, 3.8) is 0 Å². The molecule has 0 atom stereocenters. The van der Waals surface area contributed by atoms with Crippen LogP contribution in [-0.2, 0) is 22.6 Å². The lowest BCUT2D eigenvalue weighted by Gasteiger charge is -2.09. The van der Waals surface area contributed by atoms with Crippen LogP contribution >= 0.6 is 0 Å². The molecule has 3 heterocycles. The maximum absolute atomic E-state index is 12.8. The summed E-state index contributed by atoms with van der Waals surface area (Å²) in [5.41, 5.74) is 0.470. The van der Waals surface area contributed by atoms with Crippen LogP contribution in [0.15, 0.2) is 58.3 Å². The number of amides is 1. The summed E-state index contributed by atoms with van der Waals surface area (Å²) in [6, 6.07) is 12.1. The van der Waals surface area contributed by atoms with Crippen LogP contribution in [0, 0.1) is 0 Å². The molecular formula is C24H26N6O5. The number of nitrogens with one attached hydrogen (secondary N) is 2. The Kier molecular flexibility index (Phi) is 7.36. The van der Waals surface area contributed by atoms with Crippen molar-refractivity contribution in [1.82, 2.24) is 24.1 Å². The number of methoxy groups -OCH3 is 1. The van der Waals surface area contributed by atoms with Crippen LogP contribution in [0.5, 0.6) is 5.75 Å². The van der Waals surface area contributed by atoms with Crippen LogP contribution in [0.2, 0.25) is 0 Å². The molecule has 0 spiro atoms. The minimum absolute atomic E-state index is 0.176. The molecule has 0 saturated carbocycles. The molecular weight excluding hydrogens is 452 g/mol. The molecule has 4 rings (SSSR count). The molecule has 0 aliphatic rings. The summed E-state index contributed by atoms with van der Waals surface area (Å²) in [4.78, 5) is 49.4. The van der Waals surface area contributed by atoms with Gasteiger partial charge in [-0.1, -0.05) is 6.07 Å². The summed E-state index contributed by atoms with van der Waals surface area (Å²) in [5.74, 6) is 1.06. The minimum atomic E-state index is -0.409. The van der Waals surface area contributed by atoms with Crippen LogP contribution < -0.4 is 21.3 Å². The lowest BCUT2D eigenvalue weighted by Crippen LogP contribution is -2.39. The topological polar surface area (TPSA) is 133 Å². The SMILES string of the molecule is CCn1c(=O)c2[nH]c(-c3ccc(OCC(=O)Nc4ccccn4)cc3)nc2n(CCCOC)c1=O. The molecule has 2 N–H and O–H groups in total. The molecule has 1 amide bonds. The molecule has 0 unspecified atom stereocenters. The Labute approximate surface area is 200 Å². The maximum Gasteiger partial charge on any atom is 0.332 e. The summed E-state index contributed by atoms with van der Waals surface area (Å²) >= 11 is 0. The lowest BCUT2D eigenvalue weighted by molar-refractivity contribution is -0.118. The number of imidazole rings is 1. The van der Waals surface area contributed by atoms with Gasteiger partial charge >= 0.3 is 5.69 Å². The first-order valence-corrected chi connectivity index (χ1v) is 11.2. The Bertz CT molecular complexity index is 1420. The minimum Gasteiger partial charge on any atom is -0.484 e. The zero-order valence-electron chi connectivity index (χ0n) is 19.5. The molecule has 182 valence electrons. The van der Waals surface area contributed by atoms with Crippen LogP contribution in [0.25, 0.3) is 22.6 Å². The van der Waals surface area contributed by atoms with Gasteiger partial charge in [-0.25, -0.2) is 14.8 Å². The summed E-state index contributed by atoms with van der Waals surface area (Å²) in [5, 5.41) is 2.65. The molecule has 35 heavy (non-hydrogen) atoms. The van der Waals surface area contributed by atoms with E-state index >= 15 is 0 Å². The number of aromatic nitrogens is 5. The van der Waals surface area contributed by atoms with Gasteiger partial charge in [-0.05, 0) is 49.7 Å². The Morgan fingerprint density at radius 2 is 1.91 bits per heavy atom. The highest BCUT2D eigenvalue weighted by Gasteiger charge is 2.17. The van der Waals surface area contributed by atoms with E-state index < -0.39 is 11.2 Å². The molecule has 0 bridgehead atoms. The third kappa shape index (κ3) is 5.30. The highest BCUT2D eigenvalue weighted by molar-refractivity contribution is 5.90. The first-order chi connectivity index (χ1) is 17.0. The summed E-state index contributed by atoms with van der Waals surface area (Å²) in [7, 11) is 1.60. The highest BCUT2D eigenvalue weighted by Crippen LogP contribution is 2.22. The molecule has 1 aromatic carbocycles. The van der Waals surface area contributed by atoms with Crippen molar-refractivity contribution in [2.75, 3.05) is 25.6 Å². The van der Waals surface area contributed by atoms with E-state index in [9.17, 15) is 14.4 Å². The van der Waals surface area contributed by atoms with Crippen molar-refractivity contribution in [3.05, 3.63) is 69.5 Å². The molecule has 0 saturated heterocycles. The van der Waals surface area contributed by atoms with Crippen molar-refractivity contribution >= 4 is 22.9 Å². The van der Waals surface area contributed by atoms with Crippen molar-refractivity contribution in [2.45, 2.75) is 26.4 Å². The summed E-state index contributed by atoms with van der Waals surface area (Å²) in [6.07, 6.45) is 2.19. The molecule has 4 aromatic rings.